The first kappa shape index (κ1) is 14.6. The van der Waals surface area contributed by atoms with Gasteiger partial charge in [0.1, 0.15) is 4.88 Å². The number of thiazole rings is 1. The van der Waals surface area contributed by atoms with Crippen LogP contribution in [0.25, 0.3) is 27.5 Å². The topological polar surface area (TPSA) is 67.5 Å². The van der Waals surface area contributed by atoms with Crippen LogP contribution >= 0.6 is 11.3 Å². The number of aromatic carboxylic acids is 1. The zero-order valence-electron chi connectivity index (χ0n) is 12.8. The highest BCUT2D eigenvalue weighted by molar-refractivity contribution is 7.18. The molecule has 5 nitrogen and oxygen atoms in total. The van der Waals surface area contributed by atoms with Crippen LogP contribution in [0.2, 0.25) is 0 Å². The van der Waals surface area contributed by atoms with Gasteiger partial charge in [0.15, 0.2) is 5.82 Å². The normalized spacial score (nSPS) is 11.0. The quantitative estimate of drug-likeness (QED) is 0.611. The second kappa shape index (κ2) is 5.58. The third-order valence-corrected chi connectivity index (χ3v) is 4.98. The number of hydrogen-bond donors (Lipinski definition) is 1. The summed E-state index contributed by atoms with van der Waals surface area (Å²) in [5.74, 6) is -0.348. The van der Waals surface area contributed by atoms with Gasteiger partial charge >= 0.3 is 5.97 Å². The number of carboxylic acid groups (broad SMARTS) is 1. The maximum atomic E-state index is 11.2. The molecular formula is C18H13N3O2S. The molecule has 6 heteroatoms. The van der Waals surface area contributed by atoms with E-state index in [9.17, 15) is 4.79 Å². The summed E-state index contributed by atoms with van der Waals surface area (Å²) in [4.78, 5) is 16.5. The summed E-state index contributed by atoms with van der Waals surface area (Å²) in [5.41, 5.74) is 3.79. The molecule has 0 unspecified atom stereocenters. The third-order valence-electron chi connectivity index (χ3n) is 3.86. The van der Waals surface area contributed by atoms with Gasteiger partial charge in [-0.05, 0) is 18.1 Å². The number of rotatable bonds is 3. The van der Waals surface area contributed by atoms with Crippen molar-refractivity contribution in [2.75, 3.05) is 0 Å². The van der Waals surface area contributed by atoms with Gasteiger partial charge in [-0.2, -0.15) is 4.98 Å². The van der Waals surface area contributed by atoms with Gasteiger partial charge in [-0.1, -0.05) is 65.9 Å². The predicted molar refractivity (Wildman–Crippen MR) is 93.4 cm³/mol. The molecule has 0 amide bonds. The lowest BCUT2D eigenvalue weighted by atomic mass is 10.0. The molecule has 2 heterocycles. The van der Waals surface area contributed by atoms with Gasteiger partial charge in [-0.15, -0.1) is 5.10 Å². The molecule has 0 aliphatic rings. The molecule has 0 aliphatic carbocycles. The molecule has 2 aromatic heterocycles. The van der Waals surface area contributed by atoms with Crippen molar-refractivity contribution >= 4 is 22.3 Å². The Morgan fingerprint density at radius 1 is 1.00 bits per heavy atom. The lowest BCUT2D eigenvalue weighted by Crippen LogP contribution is -1.98. The Balaban J connectivity index is 1.71. The van der Waals surface area contributed by atoms with Crippen molar-refractivity contribution in [1.82, 2.24) is 14.6 Å². The van der Waals surface area contributed by atoms with Crippen molar-refractivity contribution < 1.29 is 9.90 Å². The average molecular weight is 335 g/mol. The number of aromatic nitrogens is 3. The summed E-state index contributed by atoms with van der Waals surface area (Å²) in [7, 11) is 0. The first-order valence-electron chi connectivity index (χ1n) is 7.39. The molecule has 118 valence electrons. The molecule has 0 radical (unpaired) electrons. The molecule has 2 aromatic carbocycles. The first-order valence-corrected chi connectivity index (χ1v) is 8.20. The second-order valence-electron chi connectivity index (χ2n) is 5.39. The fraction of sp³-hybridized carbons (Fsp3) is 0.0556. The van der Waals surface area contributed by atoms with Crippen molar-refractivity contribution in [1.29, 1.82) is 0 Å². The van der Waals surface area contributed by atoms with Crippen molar-refractivity contribution in [3.63, 3.8) is 0 Å². The van der Waals surface area contributed by atoms with Gasteiger partial charge in [0.05, 0.1) is 5.69 Å². The van der Waals surface area contributed by atoms with E-state index >= 15 is 0 Å². The Morgan fingerprint density at radius 3 is 2.25 bits per heavy atom. The van der Waals surface area contributed by atoms with E-state index in [1.165, 1.54) is 0 Å². The minimum atomic E-state index is -0.946. The monoisotopic (exact) mass is 335 g/mol. The van der Waals surface area contributed by atoms with E-state index in [-0.39, 0.29) is 4.88 Å². The Morgan fingerprint density at radius 2 is 1.62 bits per heavy atom. The number of aryl methyl sites for hydroxylation is 1. The standard InChI is InChI=1S/C18H13N3O2S/c1-11-15(17(22)23)24-18-19-16(20-21(11)18)14-9-7-13(8-10-14)12-5-3-2-4-6-12/h2-10H,1H3,(H,22,23). The molecule has 0 saturated carbocycles. The van der Waals surface area contributed by atoms with Crippen LogP contribution in [0, 0.1) is 6.92 Å². The Hall–Kier alpha value is -2.99. The number of carbonyl (C=O) groups is 1. The van der Waals surface area contributed by atoms with E-state index in [0.29, 0.717) is 16.5 Å². The summed E-state index contributed by atoms with van der Waals surface area (Å²) < 4.78 is 1.59. The van der Waals surface area contributed by atoms with Crippen molar-refractivity contribution in [3.05, 3.63) is 65.2 Å². The van der Waals surface area contributed by atoms with Crippen molar-refractivity contribution in [3.8, 4) is 22.5 Å². The number of nitrogens with zero attached hydrogens (tertiary/aromatic N) is 3. The van der Waals surface area contributed by atoms with Crippen molar-refractivity contribution in [2.45, 2.75) is 6.92 Å². The maximum absolute atomic E-state index is 11.2. The molecule has 0 atom stereocenters. The molecule has 1 N–H and O–H groups in total. The van der Waals surface area contributed by atoms with E-state index in [1.54, 1.807) is 11.4 Å². The van der Waals surface area contributed by atoms with Crippen LogP contribution in [0.5, 0.6) is 0 Å². The van der Waals surface area contributed by atoms with E-state index in [1.807, 2.05) is 42.5 Å². The van der Waals surface area contributed by atoms with Gasteiger partial charge in [-0.25, -0.2) is 9.31 Å². The van der Waals surface area contributed by atoms with Crippen molar-refractivity contribution in [2.24, 2.45) is 0 Å². The number of carboxylic acids is 1. The summed E-state index contributed by atoms with van der Waals surface area (Å²) >= 11 is 1.14. The van der Waals surface area contributed by atoms with Gasteiger partial charge < -0.3 is 5.11 Å². The Bertz CT molecular complexity index is 1030. The fourth-order valence-electron chi connectivity index (χ4n) is 2.61. The molecule has 0 bridgehead atoms. The minimum Gasteiger partial charge on any atom is -0.477 e. The Labute approximate surface area is 141 Å². The average Bonchev–Trinajstić information content (AvgIpc) is 3.16. The zero-order chi connectivity index (χ0) is 16.7. The van der Waals surface area contributed by atoms with Crippen LogP contribution in [0.15, 0.2) is 54.6 Å². The number of benzene rings is 2. The van der Waals surface area contributed by atoms with Gasteiger partial charge in [0, 0.05) is 5.56 Å². The summed E-state index contributed by atoms with van der Waals surface area (Å²) in [5, 5.41) is 13.6. The van der Waals surface area contributed by atoms with E-state index in [2.05, 4.69) is 22.2 Å². The lowest BCUT2D eigenvalue weighted by Gasteiger charge is -2.02. The largest absolute Gasteiger partial charge is 0.477 e. The fourth-order valence-corrected chi connectivity index (χ4v) is 3.51. The van der Waals surface area contributed by atoms with E-state index < -0.39 is 5.97 Å². The molecule has 0 spiro atoms. The summed E-state index contributed by atoms with van der Waals surface area (Å²) in [6.45, 7) is 1.74. The van der Waals surface area contributed by atoms with Crippen LogP contribution in [0.3, 0.4) is 0 Å². The van der Waals surface area contributed by atoms with Crippen LogP contribution < -0.4 is 0 Å². The molecule has 0 aliphatic heterocycles. The van der Waals surface area contributed by atoms with Crippen LogP contribution in [-0.2, 0) is 0 Å². The number of hydrogen-bond acceptors (Lipinski definition) is 4. The smallest absolute Gasteiger partial charge is 0.347 e. The van der Waals surface area contributed by atoms with Crippen LogP contribution in [-0.4, -0.2) is 25.7 Å². The van der Waals surface area contributed by atoms with Gasteiger partial charge in [0.25, 0.3) is 0 Å². The Kier molecular flexibility index (Phi) is 3.39. The summed E-state index contributed by atoms with van der Waals surface area (Å²) in [6.07, 6.45) is 0. The van der Waals surface area contributed by atoms with E-state index in [4.69, 9.17) is 5.11 Å². The molecule has 24 heavy (non-hydrogen) atoms. The second-order valence-corrected chi connectivity index (χ2v) is 6.37. The molecule has 4 aromatic rings. The minimum absolute atomic E-state index is 0.274. The van der Waals surface area contributed by atoms with Crippen LogP contribution in [0.4, 0.5) is 0 Å². The van der Waals surface area contributed by atoms with Crippen LogP contribution in [0.1, 0.15) is 15.4 Å². The van der Waals surface area contributed by atoms with Gasteiger partial charge in [0.2, 0.25) is 4.96 Å². The lowest BCUT2D eigenvalue weighted by molar-refractivity contribution is 0.0701. The molecule has 0 saturated heterocycles. The maximum Gasteiger partial charge on any atom is 0.347 e. The highest BCUT2D eigenvalue weighted by Crippen LogP contribution is 2.26. The third kappa shape index (κ3) is 2.37. The molecule has 0 fully saturated rings. The summed E-state index contributed by atoms with van der Waals surface area (Å²) in [6, 6.07) is 18.2. The van der Waals surface area contributed by atoms with Gasteiger partial charge in [-0.3, -0.25) is 0 Å². The number of fused-ring (bicyclic) bond motifs is 1. The molecule has 4 rings (SSSR count). The van der Waals surface area contributed by atoms with E-state index in [0.717, 1.165) is 28.0 Å². The zero-order valence-corrected chi connectivity index (χ0v) is 13.6. The predicted octanol–water partition coefficient (Wildman–Crippen LogP) is 4.13. The SMILES string of the molecule is Cc1c(C(=O)O)sc2nc(-c3ccc(-c4ccccc4)cc3)nn12. The first-order chi connectivity index (χ1) is 11.6. The molecular weight excluding hydrogens is 322 g/mol. The highest BCUT2D eigenvalue weighted by Gasteiger charge is 2.18. The highest BCUT2D eigenvalue weighted by atomic mass is 32.1.